The number of aryl methyl sites for hydroxylation is 1. The van der Waals surface area contributed by atoms with Gasteiger partial charge in [-0.05, 0) is 42.2 Å². The summed E-state index contributed by atoms with van der Waals surface area (Å²) in [6, 6.07) is 12.6. The molecule has 0 amide bonds. The fraction of sp³-hybridized carbons (Fsp3) is 0.316. The summed E-state index contributed by atoms with van der Waals surface area (Å²) in [5.41, 5.74) is 4.14. The van der Waals surface area contributed by atoms with Gasteiger partial charge in [0.1, 0.15) is 0 Å². The Balaban J connectivity index is 2.01. The van der Waals surface area contributed by atoms with Gasteiger partial charge in [-0.3, -0.25) is 0 Å². The molecule has 1 aliphatic heterocycles. The van der Waals surface area contributed by atoms with Gasteiger partial charge in [-0.25, -0.2) is 4.79 Å². The van der Waals surface area contributed by atoms with Crippen LogP contribution in [-0.2, 0) is 14.3 Å². The van der Waals surface area contributed by atoms with E-state index in [1.54, 1.807) is 0 Å². The zero-order valence-electron chi connectivity index (χ0n) is 13.2. The number of methoxy groups -OCH3 is 1. The standard InChI is InChI=1S/C19H20O3/c1-12-6-4-7-14-8-5-9-15(18(12)14)17-10-13(2)16(11-22-17)19(20)21-3/h4-9,17H,10-11H2,1-3H3. The molecule has 1 atom stereocenters. The molecule has 1 aliphatic rings. The van der Waals surface area contributed by atoms with Crippen molar-refractivity contribution >= 4 is 16.7 Å². The van der Waals surface area contributed by atoms with Crippen LogP contribution in [0.4, 0.5) is 0 Å². The predicted octanol–water partition coefficient (Wildman–Crippen LogP) is 4.10. The zero-order valence-corrected chi connectivity index (χ0v) is 13.2. The molecule has 2 aromatic carbocycles. The lowest BCUT2D eigenvalue weighted by atomic mass is 9.91. The van der Waals surface area contributed by atoms with E-state index in [2.05, 4.69) is 43.3 Å². The summed E-state index contributed by atoms with van der Waals surface area (Å²) in [7, 11) is 1.41. The Morgan fingerprint density at radius 2 is 1.91 bits per heavy atom. The maximum atomic E-state index is 11.7. The van der Waals surface area contributed by atoms with Gasteiger partial charge in [-0.15, -0.1) is 0 Å². The van der Waals surface area contributed by atoms with Crippen molar-refractivity contribution in [1.29, 1.82) is 0 Å². The number of esters is 1. The Morgan fingerprint density at radius 3 is 2.59 bits per heavy atom. The van der Waals surface area contributed by atoms with Crippen LogP contribution in [0.5, 0.6) is 0 Å². The van der Waals surface area contributed by atoms with Crippen molar-refractivity contribution < 1.29 is 14.3 Å². The van der Waals surface area contributed by atoms with Gasteiger partial charge in [0.25, 0.3) is 0 Å². The molecule has 0 saturated heterocycles. The van der Waals surface area contributed by atoms with Gasteiger partial charge in [-0.1, -0.05) is 42.0 Å². The predicted molar refractivity (Wildman–Crippen MR) is 86.7 cm³/mol. The van der Waals surface area contributed by atoms with Crippen LogP contribution in [0.15, 0.2) is 47.5 Å². The topological polar surface area (TPSA) is 35.5 Å². The highest BCUT2D eigenvalue weighted by atomic mass is 16.5. The molecule has 0 radical (unpaired) electrons. The van der Waals surface area contributed by atoms with E-state index in [0.29, 0.717) is 12.2 Å². The van der Waals surface area contributed by atoms with Crippen LogP contribution in [0, 0.1) is 6.92 Å². The normalized spacial score (nSPS) is 18.6. The highest BCUT2D eigenvalue weighted by molar-refractivity contribution is 5.90. The Kier molecular flexibility index (Phi) is 3.99. The summed E-state index contributed by atoms with van der Waals surface area (Å²) < 4.78 is 10.8. The first-order valence-electron chi connectivity index (χ1n) is 7.48. The van der Waals surface area contributed by atoms with Gasteiger partial charge in [0.05, 0.1) is 25.4 Å². The lowest BCUT2D eigenvalue weighted by Gasteiger charge is -2.27. The number of hydrogen-bond acceptors (Lipinski definition) is 3. The first kappa shape index (κ1) is 14.8. The van der Waals surface area contributed by atoms with Crippen LogP contribution in [-0.4, -0.2) is 19.7 Å². The van der Waals surface area contributed by atoms with Gasteiger partial charge in [0.15, 0.2) is 0 Å². The van der Waals surface area contributed by atoms with Crippen molar-refractivity contribution in [3.63, 3.8) is 0 Å². The second-order valence-electron chi connectivity index (χ2n) is 5.77. The summed E-state index contributed by atoms with van der Waals surface area (Å²) in [4.78, 5) is 11.7. The Bertz CT molecular complexity index is 753. The van der Waals surface area contributed by atoms with E-state index in [-0.39, 0.29) is 12.1 Å². The van der Waals surface area contributed by atoms with E-state index in [9.17, 15) is 4.79 Å². The fourth-order valence-corrected chi connectivity index (χ4v) is 3.15. The second kappa shape index (κ2) is 5.93. The van der Waals surface area contributed by atoms with Crippen LogP contribution in [0.25, 0.3) is 10.8 Å². The molecule has 0 aliphatic carbocycles. The Hall–Kier alpha value is -2.13. The Labute approximate surface area is 130 Å². The third-order valence-corrected chi connectivity index (χ3v) is 4.36. The molecule has 1 heterocycles. The average molecular weight is 296 g/mol. The van der Waals surface area contributed by atoms with Gasteiger partial charge in [0, 0.05) is 0 Å². The molecular weight excluding hydrogens is 276 g/mol. The van der Waals surface area contributed by atoms with Crippen molar-refractivity contribution in [2.45, 2.75) is 26.4 Å². The monoisotopic (exact) mass is 296 g/mol. The smallest absolute Gasteiger partial charge is 0.336 e. The van der Waals surface area contributed by atoms with Crippen molar-refractivity contribution in [3.05, 3.63) is 58.7 Å². The minimum absolute atomic E-state index is 0.0155. The van der Waals surface area contributed by atoms with Gasteiger partial charge < -0.3 is 9.47 Å². The fourth-order valence-electron chi connectivity index (χ4n) is 3.15. The van der Waals surface area contributed by atoms with E-state index in [0.717, 1.165) is 12.0 Å². The van der Waals surface area contributed by atoms with Gasteiger partial charge in [0.2, 0.25) is 0 Å². The number of carbonyl (C=O) groups excluding carboxylic acids is 1. The molecule has 3 heteroatoms. The average Bonchev–Trinajstić information content (AvgIpc) is 2.54. The van der Waals surface area contributed by atoms with Crippen molar-refractivity contribution in [2.75, 3.05) is 13.7 Å². The molecule has 0 fully saturated rings. The molecule has 0 saturated carbocycles. The lowest BCUT2D eigenvalue weighted by Crippen LogP contribution is -2.21. The summed E-state index contributed by atoms with van der Waals surface area (Å²) in [6.07, 6.45) is 0.705. The van der Waals surface area contributed by atoms with Crippen molar-refractivity contribution in [3.8, 4) is 0 Å². The largest absolute Gasteiger partial charge is 0.466 e. The third kappa shape index (κ3) is 2.53. The molecule has 0 aromatic heterocycles. The summed E-state index contributed by atoms with van der Waals surface area (Å²) in [5.74, 6) is -0.287. The molecule has 1 unspecified atom stereocenters. The van der Waals surface area contributed by atoms with E-state index in [1.165, 1.54) is 29.0 Å². The summed E-state index contributed by atoms with van der Waals surface area (Å²) >= 11 is 0. The number of hydrogen-bond donors (Lipinski definition) is 0. The highest BCUT2D eigenvalue weighted by Crippen LogP contribution is 2.36. The number of fused-ring (bicyclic) bond motifs is 1. The van der Waals surface area contributed by atoms with Crippen LogP contribution in [0.3, 0.4) is 0 Å². The number of rotatable bonds is 2. The quantitative estimate of drug-likeness (QED) is 0.783. The summed E-state index contributed by atoms with van der Waals surface area (Å²) in [5, 5.41) is 2.48. The molecule has 0 bridgehead atoms. The van der Waals surface area contributed by atoms with Crippen LogP contribution in [0.1, 0.15) is 30.6 Å². The van der Waals surface area contributed by atoms with E-state index in [1.807, 2.05) is 6.92 Å². The lowest BCUT2D eigenvalue weighted by molar-refractivity contribution is -0.137. The van der Waals surface area contributed by atoms with E-state index >= 15 is 0 Å². The van der Waals surface area contributed by atoms with Crippen LogP contribution < -0.4 is 0 Å². The number of benzene rings is 2. The Morgan fingerprint density at radius 1 is 1.18 bits per heavy atom. The van der Waals surface area contributed by atoms with Crippen molar-refractivity contribution in [2.24, 2.45) is 0 Å². The molecule has 114 valence electrons. The number of carbonyl (C=O) groups is 1. The number of ether oxygens (including phenoxy) is 2. The minimum Gasteiger partial charge on any atom is -0.466 e. The van der Waals surface area contributed by atoms with Crippen LogP contribution >= 0.6 is 0 Å². The molecule has 0 N–H and O–H groups in total. The molecule has 3 rings (SSSR count). The minimum atomic E-state index is -0.287. The molecule has 22 heavy (non-hydrogen) atoms. The van der Waals surface area contributed by atoms with E-state index < -0.39 is 0 Å². The zero-order chi connectivity index (χ0) is 15.7. The van der Waals surface area contributed by atoms with Gasteiger partial charge >= 0.3 is 5.97 Å². The SMILES string of the molecule is COC(=O)C1=C(C)CC(c2cccc3cccc(C)c23)OC1. The summed E-state index contributed by atoms with van der Waals surface area (Å²) in [6.45, 7) is 4.42. The molecule has 0 spiro atoms. The highest BCUT2D eigenvalue weighted by Gasteiger charge is 2.26. The molecule has 3 nitrogen and oxygen atoms in total. The van der Waals surface area contributed by atoms with Gasteiger partial charge in [-0.2, -0.15) is 0 Å². The van der Waals surface area contributed by atoms with Crippen LogP contribution in [0.2, 0.25) is 0 Å². The maximum Gasteiger partial charge on any atom is 0.336 e. The third-order valence-electron chi connectivity index (χ3n) is 4.36. The first-order valence-corrected chi connectivity index (χ1v) is 7.48. The van der Waals surface area contributed by atoms with E-state index in [4.69, 9.17) is 9.47 Å². The maximum absolute atomic E-state index is 11.7. The second-order valence-corrected chi connectivity index (χ2v) is 5.77. The van der Waals surface area contributed by atoms with Crippen molar-refractivity contribution in [1.82, 2.24) is 0 Å². The molecule has 2 aromatic rings. The first-order chi connectivity index (χ1) is 10.6. The molecular formula is C19H20O3.